The predicted octanol–water partition coefficient (Wildman–Crippen LogP) is -5.22. The van der Waals surface area contributed by atoms with Crippen LogP contribution in [0.4, 0.5) is 0 Å². The molecule has 2 aliphatic heterocycles. The maximum atomic E-state index is 11.5. The van der Waals surface area contributed by atoms with Crippen LogP contribution in [0.5, 0.6) is 0 Å². The van der Waals surface area contributed by atoms with Crippen LogP contribution in [0.1, 0.15) is 0 Å². The number of aliphatic hydroxyl groups is 7. The van der Waals surface area contributed by atoms with Crippen LogP contribution in [0.3, 0.4) is 0 Å². The number of ether oxygens (including phenoxy) is 4. The molecule has 12 heteroatoms. The van der Waals surface area contributed by atoms with Gasteiger partial charge in [-0.05, 0) is 0 Å². The number of methoxy groups -OCH3 is 1. The number of esters is 1. The van der Waals surface area contributed by atoms with Crippen molar-refractivity contribution in [2.45, 2.75) is 61.4 Å². The zero-order valence-electron chi connectivity index (χ0n) is 13.2. The second kappa shape index (κ2) is 8.18. The van der Waals surface area contributed by atoms with Gasteiger partial charge >= 0.3 is 5.97 Å². The Morgan fingerprint density at radius 2 is 1.44 bits per heavy atom. The van der Waals surface area contributed by atoms with Crippen molar-refractivity contribution < 1.29 is 59.5 Å². The highest BCUT2D eigenvalue weighted by Gasteiger charge is 2.49. The molecule has 0 unspecified atom stereocenters. The van der Waals surface area contributed by atoms with Gasteiger partial charge in [-0.3, -0.25) is 0 Å². The molecule has 0 amide bonds. The molecule has 0 aromatic heterocycles. The second-order valence-corrected chi connectivity index (χ2v) is 5.79. The standard InChI is InChI=1S/C13H22O12/c1-22-12(21)10-7(17)6(16)9(19)13(25-10)23-2-3-4(14)5(15)8(18)11(20)24-3/h3-11,13-20H,2H2,1H3/t3-,4-,5+,6+,7+,8-,9-,10+,11+,13+/m1/s1. The van der Waals surface area contributed by atoms with Gasteiger partial charge in [0.25, 0.3) is 0 Å². The summed E-state index contributed by atoms with van der Waals surface area (Å²) >= 11 is 0. The van der Waals surface area contributed by atoms with Gasteiger partial charge in [-0.25, -0.2) is 4.79 Å². The SMILES string of the molecule is COC(=O)[C@H]1O[C@H](OC[C@H]2O[C@H](O)[C@H](O)[C@@H](O)[C@@H]2O)[C@H](O)[C@@H](O)[C@@H]1O. The lowest BCUT2D eigenvalue weighted by Crippen LogP contribution is -2.62. The summed E-state index contributed by atoms with van der Waals surface area (Å²) in [6.45, 7) is -0.541. The minimum absolute atomic E-state index is 0.541. The van der Waals surface area contributed by atoms with Crippen molar-refractivity contribution in [2.24, 2.45) is 0 Å². The molecule has 0 bridgehead atoms. The van der Waals surface area contributed by atoms with Gasteiger partial charge in [0, 0.05) is 0 Å². The molecular weight excluding hydrogens is 348 g/mol. The molecule has 12 nitrogen and oxygen atoms in total. The first kappa shape index (κ1) is 20.4. The summed E-state index contributed by atoms with van der Waals surface area (Å²) in [6.07, 6.45) is -16.6. The van der Waals surface area contributed by atoms with E-state index in [0.717, 1.165) is 7.11 Å². The van der Waals surface area contributed by atoms with Gasteiger partial charge in [-0.15, -0.1) is 0 Å². The summed E-state index contributed by atoms with van der Waals surface area (Å²) in [7, 11) is 1.03. The second-order valence-electron chi connectivity index (χ2n) is 5.79. The van der Waals surface area contributed by atoms with E-state index in [9.17, 15) is 40.5 Å². The Hall–Kier alpha value is -0.930. The highest BCUT2D eigenvalue weighted by atomic mass is 16.7. The third kappa shape index (κ3) is 4.09. The smallest absolute Gasteiger partial charge is 0.337 e. The average molecular weight is 370 g/mol. The third-order valence-corrected chi connectivity index (χ3v) is 4.11. The van der Waals surface area contributed by atoms with Gasteiger partial charge in [0.2, 0.25) is 0 Å². The Kier molecular flexibility index (Phi) is 6.67. The summed E-state index contributed by atoms with van der Waals surface area (Å²) in [5.74, 6) is -1.00. The number of hydrogen-bond acceptors (Lipinski definition) is 12. The predicted molar refractivity (Wildman–Crippen MR) is 73.5 cm³/mol. The average Bonchev–Trinajstić information content (AvgIpc) is 2.60. The van der Waals surface area contributed by atoms with Crippen molar-refractivity contribution >= 4 is 5.97 Å². The van der Waals surface area contributed by atoms with Crippen molar-refractivity contribution in [3.8, 4) is 0 Å². The molecule has 2 rings (SSSR count). The van der Waals surface area contributed by atoms with Gasteiger partial charge in [0.15, 0.2) is 18.7 Å². The fourth-order valence-electron chi connectivity index (χ4n) is 2.55. The molecule has 10 atom stereocenters. The maximum absolute atomic E-state index is 11.5. The first-order chi connectivity index (χ1) is 11.7. The quantitative estimate of drug-likeness (QED) is 0.233. The molecule has 25 heavy (non-hydrogen) atoms. The number of carbonyl (C=O) groups is 1. The minimum atomic E-state index is -1.78. The molecule has 7 N–H and O–H groups in total. The topological polar surface area (TPSA) is 196 Å². The Balaban J connectivity index is 2.00. The molecular formula is C13H22O12. The highest BCUT2D eigenvalue weighted by molar-refractivity contribution is 5.75. The van der Waals surface area contributed by atoms with E-state index in [-0.39, 0.29) is 0 Å². The summed E-state index contributed by atoms with van der Waals surface area (Å²) in [6, 6.07) is 0. The fraction of sp³-hybridized carbons (Fsp3) is 0.923. The third-order valence-electron chi connectivity index (χ3n) is 4.11. The lowest BCUT2D eigenvalue weighted by molar-refractivity contribution is -0.321. The molecule has 0 saturated carbocycles. The van der Waals surface area contributed by atoms with Crippen LogP contribution < -0.4 is 0 Å². The summed E-state index contributed by atoms with van der Waals surface area (Å²) in [4.78, 5) is 11.5. The number of aliphatic hydroxyl groups excluding tert-OH is 7. The lowest BCUT2D eigenvalue weighted by atomic mass is 9.98. The molecule has 0 aliphatic carbocycles. The Labute approximate surface area is 141 Å². The van der Waals surface area contributed by atoms with E-state index in [1.54, 1.807) is 0 Å². The molecule has 0 aromatic carbocycles. The van der Waals surface area contributed by atoms with Crippen molar-refractivity contribution in [1.29, 1.82) is 0 Å². The fourth-order valence-corrected chi connectivity index (χ4v) is 2.55. The Morgan fingerprint density at radius 3 is 2.04 bits per heavy atom. The zero-order valence-corrected chi connectivity index (χ0v) is 13.2. The molecule has 2 fully saturated rings. The van der Waals surface area contributed by atoms with Gasteiger partial charge in [0.1, 0.15) is 42.7 Å². The highest BCUT2D eigenvalue weighted by Crippen LogP contribution is 2.25. The van der Waals surface area contributed by atoms with E-state index in [0.29, 0.717) is 0 Å². The number of hydrogen-bond donors (Lipinski definition) is 7. The summed E-state index contributed by atoms with van der Waals surface area (Å²) in [5, 5.41) is 67.6. The van der Waals surface area contributed by atoms with Gasteiger partial charge in [-0.1, -0.05) is 0 Å². The number of rotatable bonds is 4. The minimum Gasteiger partial charge on any atom is -0.467 e. The van der Waals surface area contributed by atoms with Crippen LogP contribution in [0, 0.1) is 0 Å². The van der Waals surface area contributed by atoms with E-state index >= 15 is 0 Å². The molecule has 2 saturated heterocycles. The number of carbonyl (C=O) groups excluding carboxylic acids is 1. The van der Waals surface area contributed by atoms with Crippen LogP contribution in [0.2, 0.25) is 0 Å². The summed E-state index contributed by atoms with van der Waals surface area (Å²) < 4.78 is 19.5. The molecule has 2 heterocycles. The van der Waals surface area contributed by atoms with Crippen molar-refractivity contribution in [3.05, 3.63) is 0 Å². The van der Waals surface area contributed by atoms with Crippen molar-refractivity contribution in [1.82, 2.24) is 0 Å². The normalized spacial score (nSPS) is 48.2. The van der Waals surface area contributed by atoms with Crippen LogP contribution in [-0.4, -0.2) is 117 Å². The van der Waals surface area contributed by atoms with Crippen LogP contribution >= 0.6 is 0 Å². The van der Waals surface area contributed by atoms with E-state index in [1.165, 1.54) is 0 Å². The van der Waals surface area contributed by atoms with Gasteiger partial charge < -0.3 is 54.7 Å². The first-order valence-electron chi connectivity index (χ1n) is 7.45. The van der Waals surface area contributed by atoms with Crippen molar-refractivity contribution in [2.75, 3.05) is 13.7 Å². The maximum Gasteiger partial charge on any atom is 0.337 e. The van der Waals surface area contributed by atoms with Crippen LogP contribution in [0.15, 0.2) is 0 Å². The van der Waals surface area contributed by atoms with E-state index in [4.69, 9.17) is 14.2 Å². The molecule has 0 spiro atoms. The monoisotopic (exact) mass is 370 g/mol. The first-order valence-corrected chi connectivity index (χ1v) is 7.45. The summed E-state index contributed by atoms with van der Waals surface area (Å²) in [5.41, 5.74) is 0. The molecule has 0 radical (unpaired) electrons. The van der Waals surface area contributed by atoms with Gasteiger partial charge in [-0.2, -0.15) is 0 Å². The molecule has 146 valence electrons. The lowest BCUT2D eigenvalue weighted by Gasteiger charge is -2.41. The van der Waals surface area contributed by atoms with Crippen molar-refractivity contribution in [3.63, 3.8) is 0 Å². The Morgan fingerprint density at radius 1 is 0.840 bits per heavy atom. The van der Waals surface area contributed by atoms with Gasteiger partial charge in [0.05, 0.1) is 13.7 Å². The largest absolute Gasteiger partial charge is 0.467 e. The Bertz CT molecular complexity index is 460. The van der Waals surface area contributed by atoms with E-state index in [2.05, 4.69) is 4.74 Å². The molecule has 0 aromatic rings. The zero-order chi connectivity index (χ0) is 18.9. The van der Waals surface area contributed by atoms with Crippen LogP contribution in [-0.2, 0) is 23.7 Å². The van der Waals surface area contributed by atoms with Crippen LogP contribution in [0.25, 0.3) is 0 Å². The molecule has 2 aliphatic rings. The van der Waals surface area contributed by atoms with E-state index < -0.39 is 74.0 Å². The van der Waals surface area contributed by atoms with E-state index in [1.807, 2.05) is 0 Å².